The normalized spacial score (nSPS) is 33.4. The predicted molar refractivity (Wildman–Crippen MR) is 66.6 cm³/mol. The fraction of sp³-hybridized carbons (Fsp3) is 0.429. The van der Waals surface area contributed by atoms with Crippen molar-refractivity contribution in [2.24, 2.45) is 0 Å². The molecule has 0 aliphatic carbocycles. The number of rotatable bonds is 2. The van der Waals surface area contributed by atoms with Gasteiger partial charge in [0, 0.05) is 5.56 Å². The summed E-state index contributed by atoms with van der Waals surface area (Å²) in [5.74, 6) is 0.779. The van der Waals surface area contributed by atoms with Gasteiger partial charge in [0.1, 0.15) is 18.0 Å². The van der Waals surface area contributed by atoms with Crippen molar-refractivity contribution in [3.8, 4) is 5.75 Å². The van der Waals surface area contributed by atoms with Crippen LogP contribution in [-0.4, -0.2) is 37.1 Å². The fourth-order valence-corrected chi connectivity index (χ4v) is 2.24. The van der Waals surface area contributed by atoms with Crippen molar-refractivity contribution in [3.05, 3.63) is 42.2 Å². The second-order valence-electron chi connectivity index (χ2n) is 4.53. The van der Waals surface area contributed by atoms with E-state index in [1.54, 1.807) is 13.2 Å². The molecule has 0 bridgehead atoms. The first kappa shape index (κ1) is 12.5. The summed E-state index contributed by atoms with van der Waals surface area (Å²) in [6.45, 7) is 0.392. The first-order valence-corrected chi connectivity index (χ1v) is 6.19. The van der Waals surface area contributed by atoms with Crippen LogP contribution in [0.5, 0.6) is 5.75 Å². The average Bonchev–Trinajstić information content (AvgIpc) is 2.47. The summed E-state index contributed by atoms with van der Waals surface area (Å²) in [4.78, 5) is 0. The molecule has 2 heterocycles. The molecule has 3 unspecified atom stereocenters. The van der Waals surface area contributed by atoms with Gasteiger partial charge >= 0.3 is 0 Å². The smallest absolute Gasteiger partial charge is 0.184 e. The number of ether oxygens (including phenoxy) is 4. The first-order chi connectivity index (χ1) is 9.28. The number of aliphatic hydroxyl groups excluding tert-OH is 1. The minimum absolute atomic E-state index is 0.255. The zero-order chi connectivity index (χ0) is 13.2. The second-order valence-corrected chi connectivity index (χ2v) is 4.53. The van der Waals surface area contributed by atoms with Crippen molar-refractivity contribution in [2.75, 3.05) is 13.7 Å². The minimum atomic E-state index is -0.664. The molecule has 19 heavy (non-hydrogen) atoms. The van der Waals surface area contributed by atoms with Gasteiger partial charge in [-0.3, -0.25) is 0 Å². The van der Waals surface area contributed by atoms with Gasteiger partial charge in [-0.05, 0) is 18.2 Å². The van der Waals surface area contributed by atoms with Crippen LogP contribution in [0.15, 0.2) is 36.6 Å². The molecule has 3 rings (SSSR count). The van der Waals surface area contributed by atoms with Crippen molar-refractivity contribution in [1.29, 1.82) is 0 Å². The number of hydrogen-bond acceptors (Lipinski definition) is 5. The molecule has 1 fully saturated rings. The molecule has 1 N–H and O–H groups in total. The van der Waals surface area contributed by atoms with E-state index in [1.807, 2.05) is 24.3 Å². The Morgan fingerprint density at radius 1 is 1.26 bits per heavy atom. The Bertz CT molecular complexity index is 455. The Morgan fingerprint density at radius 3 is 2.79 bits per heavy atom. The lowest BCUT2D eigenvalue weighted by Crippen LogP contribution is -2.49. The number of benzene rings is 1. The fourth-order valence-electron chi connectivity index (χ4n) is 2.24. The standard InChI is InChI=1S/C14H16O5/c1-16-10-4-2-9(3-5-10)14-18-8-12-13(19-14)11(15)6-7-17-12/h2-7,11-15H,8H2,1H3/t11?,12?,13-,14?/m0/s1. The Hall–Kier alpha value is -1.56. The zero-order valence-corrected chi connectivity index (χ0v) is 10.6. The maximum atomic E-state index is 9.88. The van der Waals surface area contributed by atoms with E-state index in [0.717, 1.165) is 11.3 Å². The minimum Gasteiger partial charge on any atom is -0.497 e. The summed E-state index contributed by atoms with van der Waals surface area (Å²) < 4.78 is 21.9. The summed E-state index contributed by atoms with van der Waals surface area (Å²) in [5, 5.41) is 9.88. The molecule has 0 saturated carbocycles. The van der Waals surface area contributed by atoms with Gasteiger partial charge in [0.25, 0.3) is 0 Å². The highest BCUT2D eigenvalue weighted by Gasteiger charge is 2.39. The highest BCUT2D eigenvalue weighted by molar-refractivity contribution is 5.28. The summed E-state index contributed by atoms with van der Waals surface area (Å²) in [6.07, 6.45) is 1.27. The molecule has 0 radical (unpaired) electrons. The van der Waals surface area contributed by atoms with Crippen molar-refractivity contribution in [3.63, 3.8) is 0 Å². The van der Waals surface area contributed by atoms with Gasteiger partial charge in [-0.15, -0.1) is 0 Å². The molecule has 102 valence electrons. The van der Waals surface area contributed by atoms with Gasteiger partial charge in [-0.1, -0.05) is 12.1 Å². The molecule has 5 nitrogen and oxygen atoms in total. The van der Waals surface area contributed by atoms with Crippen LogP contribution in [0.3, 0.4) is 0 Å². The van der Waals surface area contributed by atoms with Crippen molar-refractivity contribution in [2.45, 2.75) is 24.6 Å². The summed E-state index contributed by atoms with van der Waals surface area (Å²) in [7, 11) is 1.62. The Balaban J connectivity index is 1.74. The molecular formula is C14H16O5. The van der Waals surface area contributed by atoms with E-state index in [9.17, 15) is 5.11 Å². The van der Waals surface area contributed by atoms with Crippen LogP contribution < -0.4 is 4.74 Å². The van der Waals surface area contributed by atoms with Crippen LogP contribution in [0.2, 0.25) is 0 Å². The van der Waals surface area contributed by atoms with Crippen LogP contribution in [0.25, 0.3) is 0 Å². The molecule has 1 saturated heterocycles. The third-order valence-corrected chi connectivity index (χ3v) is 3.31. The lowest BCUT2D eigenvalue weighted by Gasteiger charge is -2.39. The lowest BCUT2D eigenvalue weighted by molar-refractivity contribution is -0.276. The van der Waals surface area contributed by atoms with Crippen LogP contribution in [-0.2, 0) is 14.2 Å². The molecule has 0 spiro atoms. The lowest BCUT2D eigenvalue weighted by atomic mass is 10.0. The van der Waals surface area contributed by atoms with Crippen LogP contribution in [0.4, 0.5) is 0 Å². The third-order valence-electron chi connectivity index (χ3n) is 3.31. The highest BCUT2D eigenvalue weighted by Crippen LogP contribution is 2.31. The SMILES string of the molecule is COc1ccc(C2OCC3OC=CC(O)[C@@H]3O2)cc1. The van der Waals surface area contributed by atoms with E-state index in [1.165, 1.54) is 6.26 Å². The molecule has 2 aliphatic rings. The van der Waals surface area contributed by atoms with E-state index in [2.05, 4.69) is 0 Å². The number of hydrogen-bond donors (Lipinski definition) is 1. The van der Waals surface area contributed by atoms with E-state index in [-0.39, 0.29) is 6.10 Å². The second kappa shape index (κ2) is 5.21. The van der Waals surface area contributed by atoms with Crippen molar-refractivity contribution < 1.29 is 24.1 Å². The highest BCUT2D eigenvalue weighted by atomic mass is 16.7. The number of methoxy groups -OCH3 is 1. The molecule has 0 aromatic heterocycles. The maximum absolute atomic E-state index is 9.88. The molecule has 1 aromatic carbocycles. The first-order valence-electron chi connectivity index (χ1n) is 6.19. The van der Waals surface area contributed by atoms with Gasteiger partial charge < -0.3 is 24.1 Å². The monoisotopic (exact) mass is 264 g/mol. The zero-order valence-electron chi connectivity index (χ0n) is 10.6. The number of fused-ring (bicyclic) bond motifs is 1. The Kier molecular flexibility index (Phi) is 3.42. The molecular weight excluding hydrogens is 248 g/mol. The van der Waals surface area contributed by atoms with Crippen molar-refractivity contribution in [1.82, 2.24) is 0 Å². The van der Waals surface area contributed by atoms with Crippen LogP contribution in [0, 0.1) is 0 Å². The van der Waals surface area contributed by atoms with Gasteiger partial charge in [0.2, 0.25) is 0 Å². The summed E-state index contributed by atoms with van der Waals surface area (Å²) >= 11 is 0. The van der Waals surface area contributed by atoms with Gasteiger partial charge in [-0.25, -0.2) is 0 Å². The van der Waals surface area contributed by atoms with E-state index >= 15 is 0 Å². The quantitative estimate of drug-likeness (QED) is 0.874. The maximum Gasteiger partial charge on any atom is 0.184 e. The average molecular weight is 264 g/mol. The summed E-state index contributed by atoms with van der Waals surface area (Å²) in [5.41, 5.74) is 0.890. The van der Waals surface area contributed by atoms with Gasteiger partial charge in [0.15, 0.2) is 12.4 Å². The van der Waals surface area contributed by atoms with E-state index < -0.39 is 18.5 Å². The third kappa shape index (κ3) is 2.45. The predicted octanol–water partition coefficient (Wildman–Crippen LogP) is 1.38. The van der Waals surface area contributed by atoms with Gasteiger partial charge in [-0.2, -0.15) is 0 Å². The van der Waals surface area contributed by atoms with E-state index in [0.29, 0.717) is 6.61 Å². The molecule has 5 heteroatoms. The topological polar surface area (TPSA) is 57.2 Å². The van der Waals surface area contributed by atoms with Crippen LogP contribution in [0.1, 0.15) is 11.9 Å². The van der Waals surface area contributed by atoms with Crippen molar-refractivity contribution >= 4 is 0 Å². The Labute approximate surface area is 111 Å². The van der Waals surface area contributed by atoms with Gasteiger partial charge in [0.05, 0.1) is 20.0 Å². The van der Waals surface area contributed by atoms with Crippen LogP contribution >= 0.6 is 0 Å². The number of aliphatic hydroxyl groups is 1. The molecule has 0 amide bonds. The summed E-state index contributed by atoms with van der Waals surface area (Å²) in [6, 6.07) is 7.47. The molecule has 4 atom stereocenters. The Morgan fingerprint density at radius 2 is 2.05 bits per heavy atom. The van der Waals surface area contributed by atoms with E-state index in [4.69, 9.17) is 18.9 Å². The molecule has 1 aromatic rings. The largest absolute Gasteiger partial charge is 0.497 e. The molecule has 2 aliphatic heterocycles.